The molecule has 0 amide bonds. The second-order valence-electron chi connectivity index (χ2n) is 3.57. The molecule has 0 aromatic heterocycles. The molecule has 0 atom stereocenters. The first-order valence-electron chi connectivity index (χ1n) is 5.21. The zero-order valence-electron chi connectivity index (χ0n) is 9.61. The van der Waals surface area contributed by atoms with Gasteiger partial charge in [-0.05, 0) is 18.6 Å². The number of nitrogens with zero attached hydrogens (tertiary/aromatic N) is 2. The van der Waals surface area contributed by atoms with Crippen LogP contribution in [-0.2, 0) is 0 Å². The number of hydrogen-bond acceptors (Lipinski definition) is 2. The molecule has 0 N–H and O–H groups in total. The number of rotatable bonds is 5. The minimum Gasteiger partial charge on any atom is -0.363 e. The van der Waals surface area contributed by atoms with Crippen molar-refractivity contribution >= 4 is 5.69 Å². The number of para-hydroxylation sites is 1. The first-order chi connectivity index (χ1) is 7.74. The summed E-state index contributed by atoms with van der Waals surface area (Å²) in [5.74, 6) is 0. The highest BCUT2D eigenvalue weighted by Crippen LogP contribution is 2.24. The number of hydrogen-bond donors (Lipinski definition) is 0. The molecule has 1 rings (SSSR count). The molecule has 0 aliphatic heterocycles. The molecule has 0 aliphatic rings. The third-order valence-electron chi connectivity index (χ3n) is 2.37. The fourth-order valence-electron chi connectivity index (χ4n) is 1.74. The third-order valence-corrected chi connectivity index (χ3v) is 2.37. The van der Waals surface area contributed by atoms with Crippen molar-refractivity contribution in [2.24, 2.45) is 0 Å². The molecular formula is C14H16N2. The highest BCUT2D eigenvalue weighted by molar-refractivity contribution is 5.64. The summed E-state index contributed by atoms with van der Waals surface area (Å²) in [6.07, 6.45) is 3.66. The van der Waals surface area contributed by atoms with E-state index < -0.39 is 0 Å². The molecule has 82 valence electrons. The first-order valence-corrected chi connectivity index (χ1v) is 5.21. The second-order valence-corrected chi connectivity index (χ2v) is 3.57. The van der Waals surface area contributed by atoms with Crippen molar-refractivity contribution in [3.05, 3.63) is 54.6 Å². The van der Waals surface area contributed by atoms with E-state index >= 15 is 0 Å². The van der Waals surface area contributed by atoms with Gasteiger partial charge in [-0.3, -0.25) is 0 Å². The normalized spacial score (nSPS) is 9.25. The molecule has 0 saturated heterocycles. The standard InChI is InChI=1S/C14H16N2/c1-4-9-16(10-5-2)14-12(3)7-6-8-13(14)11-15/h4-8H,1-2,9-10H2,3H3. The van der Waals surface area contributed by atoms with Gasteiger partial charge in [-0.2, -0.15) is 5.26 Å². The Bertz CT molecular complexity index is 417. The van der Waals surface area contributed by atoms with Crippen LogP contribution in [0.4, 0.5) is 5.69 Å². The van der Waals surface area contributed by atoms with Crippen molar-refractivity contribution in [2.75, 3.05) is 18.0 Å². The SMILES string of the molecule is C=CCN(CC=C)c1c(C)cccc1C#N. The van der Waals surface area contributed by atoms with Gasteiger partial charge in [0.25, 0.3) is 0 Å². The van der Waals surface area contributed by atoms with E-state index in [9.17, 15) is 0 Å². The van der Waals surface area contributed by atoms with Gasteiger partial charge in [-0.15, -0.1) is 13.2 Å². The summed E-state index contributed by atoms with van der Waals surface area (Å²) in [5.41, 5.74) is 2.77. The molecule has 1 aromatic carbocycles. The Hall–Kier alpha value is -2.01. The van der Waals surface area contributed by atoms with Crippen LogP contribution in [0.15, 0.2) is 43.5 Å². The Morgan fingerprint density at radius 2 is 1.94 bits per heavy atom. The largest absolute Gasteiger partial charge is 0.363 e. The molecule has 2 nitrogen and oxygen atoms in total. The van der Waals surface area contributed by atoms with Gasteiger partial charge in [0.05, 0.1) is 11.3 Å². The summed E-state index contributed by atoms with van der Waals surface area (Å²) in [7, 11) is 0. The van der Waals surface area contributed by atoms with Crippen molar-refractivity contribution in [1.29, 1.82) is 5.26 Å². The van der Waals surface area contributed by atoms with Gasteiger partial charge in [-0.1, -0.05) is 24.3 Å². The van der Waals surface area contributed by atoms with Crippen molar-refractivity contribution in [2.45, 2.75) is 6.92 Å². The van der Waals surface area contributed by atoms with Gasteiger partial charge in [-0.25, -0.2) is 0 Å². The van der Waals surface area contributed by atoms with Crippen LogP contribution in [0.2, 0.25) is 0 Å². The smallest absolute Gasteiger partial charge is 0.101 e. The minimum atomic E-state index is 0.698. The van der Waals surface area contributed by atoms with E-state index in [2.05, 4.69) is 24.1 Å². The number of aryl methyl sites for hydroxylation is 1. The van der Waals surface area contributed by atoms with Gasteiger partial charge in [0, 0.05) is 13.1 Å². The molecule has 0 heterocycles. The lowest BCUT2D eigenvalue weighted by molar-refractivity contribution is 0.946. The summed E-state index contributed by atoms with van der Waals surface area (Å²) in [6.45, 7) is 10.9. The molecule has 0 radical (unpaired) electrons. The van der Waals surface area contributed by atoms with E-state index in [-0.39, 0.29) is 0 Å². The fourth-order valence-corrected chi connectivity index (χ4v) is 1.74. The Kier molecular flexibility index (Phi) is 4.35. The highest BCUT2D eigenvalue weighted by Gasteiger charge is 2.11. The molecule has 0 bridgehead atoms. The lowest BCUT2D eigenvalue weighted by atomic mass is 10.1. The predicted molar refractivity (Wildman–Crippen MR) is 68.5 cm³/mol. The first kappa shape index (κ1) is 12.1. The van der Waals surface area contributed by atoms with E-state index in [1.165, 1.54) is 0 Å². The van der Waals surface area contributed by atoms with Crippen LogP contribution >= 0.6 is 0 Å². The Morgan fingerprint density at radius 3 is 2.44 bits per heavy atom. The number of benzene rings is 1. The van der Waals surface area contributed by atoms with E-state index in [0.29, 0.717) is 18.7 Å². The van der Waals surface area contributed by atoms with E-state index in [4.69, 9.17) is 5.26 Å². The number of nitriles is 1. The molecule has 0 aliphatic carbocycles. The Labute approximate surface area is 97.1 Å². The topological polar surface area (TPSA) is 27.0 Å². The maximum atomic E-state index is 9.10. The third kappa shape index (κ3) is 2.52. The van der Waals surface area contributed by atoms with Gasteiger partial charge in [0.15, 0.2) is 0 Å². The molecule has 0 unspecified atom stereocenters. The van der Waals surface area contributed by atoms with Gasteiger partial charge >= 0.3 is 0 Å². The summed E-state index contributed by atoms with van der Waals surface area (Å²) < 4.78 is 0. The van der Waals surface area contributed by atoms with Crippen LogP contribution in [0, 0.1) is 18.3 Å². The van der Waals surface area contributed by atoms with Crippen molar-refractivity contribution in [1.82, 2.24) is 0 Å². The Balaban J connectivity index is 3.21. The maximum absolute atomic E-state index is 9.10. The predicted octanol–water partition coefficient (Wildman–Crippen LogP) is 3.05. The van der Waals surface area contributed by atoms with Gasteiger partial charge in [0.1, 0.15) is 6.07 Å². The van der Waals surface area contributed by atoms with Gasteiger partial charge < -0.3 is 4.90 Å². The van der Waals surface area contributed by atoms with E-state index in [0.717, 1.165) is 11.3 Å². The maximum Gasteiger partial charge on any atom is 0.101 e. The van der Waals surface area contributed by atoms with Crippen LogP contribution in [-0.4, -0.2) is 13.1 Å². The highest BCUT2D eigenvalue weighted by atomic mass is 15.1. The average Bonchev–Trinajstić information content (AvgIpc) is 2.28. The fraction of sp³-hybridized carbons (Fsp3) is 0.214. The Morgan fingerprint density at radius 1 is 1.31 bits per heavy atom. The van der Waals surface area contributed by atoms with Crippen molar-refractivity contribution in [3.63, 3.8) is 0 Å². The zero-order valence-corrected chi connectivity index (χ0v) is 9.61. The van der Waals surface area contributed by atoms with Crippen molar-refractivity contribution in [3.8, 4) is 6.07 Å². The van der Waals surface area contributed by atoms with Crippen LogP contribution < -0.4 is 4.90 Å². The van der Waals surface area contributed by atoms with Crippen LogP contribution in [0.25, 0.3) is 0 Å². The molecule has 0 fully saturated rings. The van der Waals surface area contributed by atoms with E-state index in [1.54, 1.807) is 0 Å². The van der Waals surface area contributed by atoms with Crippen LogP contribution in [0.3, 0.4) is 0 Å². The summed E-state index contributed by atoms with van der Waals surface area (Å²) >= 11 is 0. The van der Waals surface area contributed by atoms with Crippen LogP contribution in [0.1, 0.15) is 11.1 Å². The molecular weight excluding hydrogens is 196 g/mol. The second kappa shape index (κ2) is 5.77. The molecule has 0 saturated carbocycles. The number of anilines is 1. The summed E-state index contributed by atoms with van der Waals surface area (Å²) in [4.78, 5) is 2.09. The lowest BCUT2D eigenvalue weighted by Gasteiger charge is -2.24. The van der Waals surface area contributed by atoms with Crippen molar-refractivity contribution < 1.29 is 0 Å². The molecule has 2 heteroatoms. The zero-order chi connectivity index (χ0) is 12.0. The minimum absolute atomic E-state index is 0.698. The average molecular weight is 212 g/mol. The molecule has 1 aromatic rings. The van der Waals surface area contributed by atoms with Gasteiger partial charge in [0.2, 0.25) is 0 Å². The summed E-state index contributed by atoms with van der Waals surface area (Å²) in [5, 5.41) is 9.10. The molecule has 0 spiro atoms. The summed E-state index contributed by atoms with van der Waals surface area (Å²) in [6, 6.07) is 7.97. The lowest BCUT2D eigenvalue weighted by Crippen LogP contribution is -2.24. The quantitative estimate of drug-likeness (QED) is 0.701. The molecule has 16 heavy (non-hydrogen) atoms. The monoisotopic (exact) mass is 212 g/mol. The van der Waals surface area contributed by atoms with Crippen LogP contribution in [0.5, 0.6) is 0 Å². The van der Waals surface area contributed by atoms with E-state index in [1.807, 2.05) is 37.3 Å².